The van der Waals surface area contributed by atoms with Gasteiger partial charge in [0.05, 0.1) is 0 Å². The standard InChI is InChI=1S/C17H22N4O4S2.HI/c1-18-17(20-8-9-21-27(22,23)16-3-2-10-26-16)19-7-6-13-4-5-14-15(11-13)25-12-24-14;/h2-5,10-11,21H,6-9,12H2,1H3,(H2,18,19,20);1H. The molecule has 0 saturated carbocycles. The third-order valence-corrected chi connectivity index (χ3v) is 6.69. The summed E-state index contributed by atoms with van der Waals surface area (Å²) >= 11 is 1.19. The van der Waals surface area contributed by atoms with E-state index < -0.39 is 10.0 Å². The average Bonchev–Trinajstić information content (AvgIpc) is 3.35. The minimum atomic E-state index is -3.43. The van der Waals surface area contributed by atoms with E-state index in [0.29, 0.717) is 23.3 Å². The van der Waals surface area contributed by atoms with Gasteiger partial charge in [0.1, 0.15) is 4.21 Å². The monoisotopic (exact) mass is 538 g/mol. The van der Waals surface area contributed by atoms with E-state index in [-0.39, 0.29) is 37.3 Å². The molecule has 1 aliphatic rings. The third-order valence-electron chi connectivity index (χ3n) is 3.84. The summed E-state index contributed by atoms with van der Waals surface area (Å²) in [6.45, 7) is 1.64. The highest BCUT2D eigenvalue weighted by Crippen LogP contribution is 2.32. The van der Waals surface area contributed by atoms with Crippen LogP contribution in [0, 0.1) is 0 Å². The van der Waals surface area contributed by atoms with Crippen LogP contribution in [0.25, 0.3) is 0 Å². The summed E-state index contributed by atoms with van der Waals surface area (Å²) in [5.41, 5.74) is 1.13. The van der Waals surface area contributed by atoms with Crippen LogP contribution in [0.4, 0.5) is 0 Å². The van der Waals surface area contributed by atoms with E-state index >= 15 is 0 Å². The molecule has 0 bridgehead atoms. The van der Waals surface area contributed by atoms with Gasteiger partial charge in [-0.25, -0.2) is 13.1 Å². The van der Waals surface area contributed by atoms with Crippen molar-refractivity contribution in [2.45, 2.75) is 10.6 Å². The topological polar surface area (TPSA) is 101 Å². The number of hydrogen-bond donors (Lipinski definition) is 3. The molecule has 0 aliphatic carbocycles. The largest absolute Gasteiger partial charge is 0.454 e. The van der Waals surface area contributed by atoms with Crippen LogP contribution in [0.1, 0.15) is 5.56 Å². The number of ether oxygens (including phenoxy) is 2. The van der Waals surface area contributed by atoms with Gasteiger partial charge in [0.25, 0.3) is 0 Å². The van der Waals surface area contributed by atoms with Gasteiger partial charge in [-0.2, -0.15) is 0 Å². The second-order valence-corrected chi connectivity index (χ2v) is 8.63. The zero-order valence-corrected chi connectivity index (χ0v) is 19.3. The fourth-order valence-electron chi connectivity index (χ4n) is 2.50. The Kier molecular flexibility index (Phi) is 8.79. The van der Waals surface area contributed by atoms with Crippen molar-refractivity contribution in [2.24, 2.45) is 4.99 Å². The number of thiophene rings is 1. The first-order valence-electron chi connectivity index (χ1n) is 8.45. The van der Waals surface area contributed by atoms with Gasteiger partial charge >= 0.3 is 0 Å². The summed E-state index contributed by atoms with van der Waals surface area (Å²) < 4.78 is 37.6. The molecular weight excluding hydrogens is 515 g/mol. The van der Waals surface area contributed by atoms with Crippen molar-refractivity contribution in [1.82, 2.24) is 15.4 Å². The van der Waals surface area contributed by atoms with E-state index in [9.17, 15) is 8.42 Å². The summed E-state index contributed by atoms with van der Waals surface area (Å²) in [6, 6.07) is 9.18. The summed E-state index contributed by atoms with van der Waals surface area (Å²) in [5.74, 6) is 2.16. The van der Waals surface area contributed by atoms with E-state index in [1.807, 2.05) is 18.2 Å². The molecule has 1 aromatic carbocycles. The van der Waals surface area contributed by atoms with Crippen LogP contribution >= 0.6 is 35.3 Å². The number of nitrogens with one attached hydrogen (secondary N) is 3. The molecule has 2 aromatic rings. The number of hydrogen-bond acceptors (Lipinski definition) is 6. The van der Waals surface area contributed by atoms with E-state index in [1.54, 1.807) is 24.6 Å². The predicted molar refractivity (Wildman–Crippen MR) is 121 cm³/mol. The Hall–Kier alpha value is -1.57. The normalized spacial score (nSPS) is 13.1. The first kappa shape index (κ1) is 22.7. The van der Waals surface area contributed by atoms with Gasteiger partial charge in [0.15, 0.2) is 17.5 Å². The quantitative estimate of drug-likeness (QED) is 0.205. The highest BCUT2D eigenvalue weighted by atomic mass is 127. The Morgan fingerprint density at radius 3 is 2.68 bits per heavy atom. The zero-order chi connectivity index (χ0) is 19.1. The molecule has 0 unspecified atom stereocenters. The molecular formula is C17H23IN4O4S2. The van der Waals surface area contributed by atoms with Gasteiger partial charge < -0.3 is 20.1 Å². The van der Waals surface area contributed by atoms with Gasteiger partial charge in [0.2, 0.25) is 16.8 Å². The molecule has 154 valence electrons. The van der Waals surface area contributed by atoms with Crippen LogP contribution in [0.2, 0.25) is 0 Å². The van der Waals surface area contributed by atoms with Crippen molar-refractivity contribution in [3.63, 3.8) is 0 Å². The lowest BCUT2D eigenvalue weighted by Gasteiger charge is -2.12. The number of halogens is 1. The smallest absolute Gasteiger partial charge is 0.250 e. The third kappa shape index (κ3) is 6.22. The van der Waals surface area contributed by atoms with Gasteiger partial charge in [-0.1, -0.05) is 12.1 Å². The number of benzene rings is 1. The minimum absolute atomic E-state index is 0. The van der Waals surface area contributed by atoms with E-state index in [1.165, 1.54) is 11.3 Å². The van der Waals surface area contributed by atoms with Crippen molar-refractivity contribution < 1.29 is 17.9 Å². The van der Waals surface area contributed by atoms with E-state index in [4.69, 9.17) is 9.47 Å². The van der Waals surface area contributed by atoms with Crippen molar-refractivity contribution in [2.75, 3.05) is 33.5 Å². The molecule has 28 heavy (non-hydrogen) atoms. The minimum Gasteiger partial charge on any atom is -0.454 e. The predicted octanol–water partition coefficient (Wildman–Crippen LogP) is 1.78. The van der Waals surface area contributed by atoms with Gasteiger partial charge in [0, 0.05) is 26.7 Å². The fourth-order valence-corrected chi connectivity index (χ4v) is 4.57. The Balaban J connectivity index is 0.00000280. The van der Waals surface area contributed by atoms with Gasteiger partial charge in [-0.05, 0) is 35.6 Å². The molecule has 0 atom stereocenters. The van der Waals surface area contributed by atoms with Crippen LogP contribution < -0.4 is 24.8 Å². The zero-order valence-electron chi connectivity index (χ0n) is 15.3. The van der Waals surface area contributed by atoms with Gasteiger partial charge in [-0.3, -0.25) is 4.99 Å². The Morgan fingerprint density at radius 2 is 1.93 bits per heavy atom. The molecule has 3 N–H and O–H groups in total. The highest BCUT2D eigenvalue weighted by molar-refractivity contribution is 14.0. The number of fused-ring (bicyclic) bond motifs is 1. The van der Waals surface area contributed by atoms with E-state index in [2.05, 4.69) is 20.3 Å². The van der Waals surface area contributed by atoms with Crippen LogP contribution in [-0.2, 0) is 16.4 Å². The van der Waals surface area contributed by atoms with Crippen molar-refractivity contribution in [1.29, 1.82) is 0 Å². The fraction of sp³-hybridized carbons (Fsp3) is 0.353. The number of rotatable bonds is 8. The Labute approximate surface area is 185 Å². The van der Waals surface area contributed by atoms with Crippen molar-refractivity contribution in [3.8, 4) is 11.5 Å². The molecule has 2 heterocycles. The lowest BCUT2D eigenvalue weighted by molar-refractivity contribution is 0.174. The molecule has 1 aromatic heterocycles. The maximum Gasteiger partial charge on any atom is 0.250 e. The van der Waals surface area contributed by atoms with Gasteiger partial charge in [-0.15, -0.1) is 35.3 Å². The summed E-state index contributed by atoms with van der Waals surface area (Å²) in [7, 11) is -1.76. The maximum absolute atomic E-state index is 12.0. The number of nitrogens with zero attached hydrogens (tertiary/aromatic N) is 1. The lowest BCUT2D eigenvalue weighted by Crippen LogP contribution is -2.42. The molecule has 0 fully saturated rings. The van der Waals surface area contributed by atoms with Crippen LogP contribution in [0.15, 0.2) is 44.9 Å². The Bertz CT molecular complexity index is 889. The number of guanidine groups is 1. The van der Waals surface area contributed by atoms with Crippen molar-refractivity contribution >= 4 is 51.3 Å². The first-order chi connectivity index (χ1) is 13.1. The first-order valence-corrected chi connectivity index (χ1v) is 10.8. The second-order valence-electron chi connectivity index (χ2n) is 5.69. The molecule has 0 amide bonds. The van der Waals surface area contributed by atoms with Crippen molar-refractivity contribution in [3.05, 3.63) is 41.3 Å². The second kappa shape index (κ2) is 10.8. The summed E-state index contributed by atoms with van der Waals surface area (Å²) in [4.78, 5) is 4.14. The summed E-state index contributed by atoms with van der Waals surface area (Å²) in [6.07, 6.45) is 0.794. The van der Waals surface area contributed by atoms with E-state index in [0.717, 1.165) is 23.5 Å². The lowest BCUT2D eigenvalue weighted by atomic mass is 10.1. The van der Waals surface area contributed by atoms with Crippen LogP contribution in [-0.4, -0.2) is 47.9 Å². The molecule has 0 spiro atoms. The molecule has 0 radical (unpaired) electrons. The molecule has 11 heteroatoms. The maximum atomic E-state index is 12.0. The van der Waals surface area contributed by atoms with Crippen LogP contribution in [0.5, 0.6) is 11.5 Å². The van der Waals surface area contributed by atoms with Crippen LogP contribution in [0.3, 0.4) is 0 Å². The summed E-state index contributed by atoms with van der Waals surface area (Å²) in [5, 5.41) is 8.02. The number of aliphatic imine (C=N–C) groups is 1. The molecule has 3 rings (SSSR count). The SMILES string of the molecule is CN=C(NCCNS(=O)(=O)c1cccs1)NCCc1ccc2c(c1)OCO2.I. The molecule has 8 nitrogen and oxygen atoms in total. The number of sulfonamides is 1. The molecule has 0 saturated heterocycles. The molecule has 1 aliphatic heterocycles. The average molecular weight is 538 g/mol. The Morgan fingerprint density at radius 1 is 1.14 bits per heavy atom. The highest BCUT2D eigenvalue weighted by Gasteiger charge is 2.14.